The molecule has 1 aromatic heterocycles. The van der Waals surface area contributed by atoms with E-state index in [2.05, 4.69) is 50.1 Å². The molecule has 8 heteroatoms. The van der Waals surface area contributed by atoms with E-state index in [9.17, 15) is 9.59 Å². The van der Waals surface area contributed by atoms with Crippen LogP contribution in [0.15, 0.2) is 45.6 Å². The summed E-state index contributed by atoms with van der Waals surface area (Å²) in [7, 11) is 0. The molecular formula is C17H21BrN4O3. The molecule has 0 aliphatic carbocycles. The third-order valence-electron chi connectivity index (χ3n) is 3.42. The van der Waals surface area contributed by atoms with Crippen molar-refractivity contribution in [3.63, 3.8) is 0 Å². The van der Waals surface area contributed by atoms with E-state index in [1.54, 1.807) is 6.07 Å². The van der Waals surface area contributed by atoms with Crippen LogP contribution in [0.1, 0.15) is 20.3 Å². The second-order valence-corrected chi connectivity index (χ2v) is 6.80. The van der Waals surface area contributed by atoms with E-state index in [4.69, 9.17) is 0 Å². The van der Waals surface area contributed by atoms with Gasteiger partial charge < -0.3 is 20.1 Å². The van der Waals surface area contributed by atoms with Gasteiger partial charge in [-0.15, -0.1) is 0 Å². The van der Waals surface area contributed by atoms with Gasteiger partial charge in [0.2, 0.25) is 5.91 Å². The number of amides is 3. The second kappa shape index (κ2) is 9.22. The molecule has 0 unspecified atom stereocenters. The Labute approximate surface area is 154 Å². The van der Waals surface area contributed by atoms with Crippen molar-refractivity contribution >= 4 is 39.4 Å². The summed E-state index contributed by atoms with van der Waals surface area (Å²) in [4.78, 5) is 26.2. The molecule has 2 N–H and O–H groups in total. The molecule has 0 aliphatic rings. The summed E-state index contributed by atoms with van der Waals surface area (Å²) in [6, 6.07) is 8.53. The van der Waals surface area contributed by atoms with Crippen molar-refractivity contribution < 1.29 is 14.1 Å². The molecule has 2 aromatic rings. The number of urea groups is 1. The fourth-order valence-electron chi connectivity index (χ4n) is 2.06. The molecule has 0 atom stereocenters. The predicted octanol–water partition coefficient (Wildman–Crippen LogP) is 3.96. The fraction of sp³-hybridized carbons (Fsp3) is 0.353. The average molecular weight is 409 g/mol. The maximum atomic E-state index is 12.6. The molecule has 0 radical (unpaired) electrons. The van der Waals surface area contributed by atoms with E-state index in [1.807, 2.05) is 18.2 Å². The van der Waals surface area contributed by atoms with E-state index in [-0.39, 0.29) is 18.5 Å². The smallest absolute Gasteiger partial charge is 0.322 e. The third-order valence-corrected chi connectivity index (χ3v) is 4.11. The van der Waals surface area contributed by atoms with Crippen LogP contribution in [-0.2, 0) is 4.79 Å². The number of hydrogen-bond acceptors (Lipinski definition) is 4. The van der Waals surface area contributed by atoms with Crippen molar-refractivity contribution in [1.82, 2.24) is 10.1 Å². The zero-order valence-corrected chi connectivity index (χ0v) is 15.7. The number of carbonyl (C=O) groups excluding carboxylic acids is 2. The molecular weight excluding hydrogens is 388 g/mol. The minimum Gasteiger partial charge on any atom is -0.363 e. The number of anilines is 2. The Bertz CT molecular complexity index is 704. The lowest BCUT2D eigenvalue weighted by Gasteiger charge is -2.23. The lowest BCUT2D eigenvalue weighted by molar-refractivity contribution is -0.116. The number of rotatable bonds is 7. The Morgan fingerprint density at radius 3 is 2.64 bits per heavy atom. The second-order valence-electron chi connectivity index (χ2n) is 5.95. The van der Waals surface area contributed by atoms with Gasteiger partial charge in [0.15, 0.2) is 5.82 Å². The summed E-state index contributed by atoms with van der Waals surface area (Å²) in [6.07, 6.45) is 2.16. The Morgan fingerprint density at radius 2 is 2.00 bits per heavy atom. The summed E-state index contributed by atoms with van der Waals surface area (Å²) in [5.41, 5.74) is 0.652. The van der Waals surface area contributed by atoms with Crippen molar-refractivity contribution in [2.75, 3.05) is 23.7 Å². The van der Waals surface area contributed by atoms with Crippen LogP contribution in [0, 0.1) is 5.92 Å². The van der Waals surface area contributed by atoms with Crippen LogP contribution in [0.4, 0.5) is 16.3 Å². The first-order valence-electron chi connectivity index (χ1n) is 7.96. The SMILES string of the molecule is CC(C)CCN(CC(=O)Nc1ccon1)C(=O)Nc1ccccc1Br. The Hall–Kier alpha value is -2.35. The van der Waals surface area contributed by atoms with Crippen molar-refractivity contribution in [2.24, 2.45) is 5.92 Å². The Morgan fingerprint density at radius 1 is 1.24 bits per heavy atom. The average Bonchev–Trinajstić information content (AvgIpc) is 3.06. The molecule has 3 amide bonds. The van der Waals surface area contributed by atoms with Gasteiger partial charge in [-0.25, -0.2) is 4.79 Å². The molecule has 1 heterocycles. The maximum absolute atomic E-state index is 12.6. The predicted molar refractivity (Wildman–Crippen MR) is 99.3 cm³/mol. The third kappa shape index (κ3) is 6.22. The van der Waals surface area contributed by atoms with Crippen molar-refractivity contribution in [3.8, 4) is 0 Å². The molecule has 0 aliphatic heterocycles. The van der Waals surface area contributed by atoms with Gasteiger partial charge in [-0.2, -0.15) is 0 Å². The molecule has 134 valence electrons. The molecule has 0 bridgehead atoms. The zero-order valence-electron chi connectivity index (χ0n) is 14.2. The monoisotopic (exact) mass is 408 g/mol. The van der Waals surface area contributed by atoms with Crippen molar-refractivity contribution in [2.45, 2.75) is 20.3 Å². The summed E-state index contributed by atoms with van der Waals surface area (Å²) in [5, 5.41) is 9.05. The number of benzene rings is 1. The lowest BCUT2D eigenvalue weighted by atomic mass is 10.1. The molecule has 1 aromatic carbocycles. The maximum Gasteiger partial charge on any atom is 0.322 e. The largest absolute Gasteiger partial charge is 0.363 e. The molecule has 0 spiro atoms. The van der Waals surface area contributed by atoms with Crippen LogP contribution < -0.4 is 10.6 Å². The summed E-state index contributed by atoms with van der Waals surface area (Å²) < 4.78 is 5.45. The summed E-state index contributed by atoms with van der Waals surface area (Å²) in [5.74, 6) is 0.400. The minimum absolute atomic E-state index is 0.0735. The van der Waals surface area contributed by atoms with Gasteiger partial charge >= 0.3 is 6.03 Å². The van der Waals surface area contributed by atoms with Crippen molar-refractivity contribution in [1.29, 1.82) is 0 Å². The van der Waals surface area contributed by atoms with Crippen LogP contribution in [0.2, 0.25) is 0 Å². The number of carbonyl (C=O) groups is 2. The number of aromatic nitrogens is 1. The first-order chi connectivity index (χ1) is 12.0. The van der Waals surface area contributed by atoms with Gasteiger partial charge in [-0.1, -0.05) is 31.1 Å². The van der Waals surface area contributed by atoms with Gasteiger partial charge in [-0.05, 0) is 40.4 Å². The van der Waals surface area contributed by atoms with E-state index >= 15 is 0 Å². The molecule has 0 saturated heterocycles. The Kier molecular flexibility index (Phi) is 7.00. The number of nitrogens with one attached hydrogen (secondary N) is 2. The van der Waals surface area contributed by atoms with Gasteiger partial charge in [0.05, 0.1) is 5.69 Å². The molecule has 0 fully saturated rings. The molecule has 25 heavy (non-hydrogen) atoms. The van der Waals surface area contributed by atoms with Crippen LogP contribution in [0.5, 0.6) is 0 Å². The lowest BCUT2D eigenvalue weighted by Crippen LogP contribution is -2.41. The fourth-order valence-corrected chi connectivity index (χ4v) is 2.44. The minimum atomic E-state index is -0.333. The quantitative estimate of drug-likeness (QED) is 0.725. The van der Waals surface area contributed by atoms with E-state index in [0.717, 1.165) is 10.9 Å². The highest BCUT2D eigenvalue weighted by molar-refractivity contribution is 9.10. The standard InChI is InChI=1S/C17H21BrN4O3/c1-12(2)7-9-22(11-16(23)20-15-8-10-25-21-15)17(24)19-14-6-4-3-5-13(14)18/h3-6,8,10,12H,7,9,11H2,1-2H3,(H,19,24)(H,20,21,23). The van der Waals surface area contributed by atoms with Gasteiger partial charge in [-0.3, -0.25) is 4.79 Å². The van der Waals surface area contributed by atoms with E-state index in [0.29, 0.717) is 24.0 Å². The van der Waals surface area contributed by atoms with E-state index < -0.39 is 0 Å². The number of para-hydroxylation sites is 1. The normalized spacial score (nSPS) is 10.6. The zero-order chi connectivity index (χ0) is 18.2. The number of hydrogen-bond donors (Lipinski definition) is 2. The highest BCUT2D eigenvalue weighted by Crippen LogP contribution is 2.21. The molecule has 2 rings (SSSR count). The van der Waals surface area contributed by atoms with Crippen LogP contribution in [-0.4, -0.2) is 35.1 Å². The van der Waals surface area contributed by atoms with Crippen LogP contribution in [0.25, 0.3) is 0 Å². The molecule has 7 nitrogen and oxygen atoms in total. The summed E-state index contributed by atoms with van der Waals surface area (Å²) in [6.45, 7) is 4.54. The summed E-state index contributed by atoms with van der Waals surface area (Å²) >= 11 is 3.40. The first-order valence-corrected chi connectivity index (χ1v) is 8.75. The highest BCUT2D eigenvalue weighted by atomic mass is 79.9. The van der Waals surface area contributed by atoms with Gasteiger partial charge in [0.1, 0.15) is 12.8 Å². The topological polar surface area (TPSA) is 87.5 Å². The number of nitrogens with zero attached hydrogens (tertiary/aromatic N) is 2. The Balaban J connectivity index is 2.02. The first kappa shape index (κ1) is 19.0. The van der Waals surface area contributed by atoms with Crippen LogP contribution >= 0.6 is 15.9 Å². The number of halogens is 1. The van der Waals surface area contributed by atoms with Crippen molar-refractivity contribution in [3.05, 3.63) is 41.1 Å². The van der Waals surface area contributed by atoms with Gasteiger partial charge in [0, 0.05) is 17.1 Å². The van der Waals surface area contributed by atoms with Crippen LogP contribution in [0.3, 0.4) is 0 Å². The highest BCUT2D eigenvalue weighted by Gasteiger charge is 2.19. The molecule has 0 saturated carbocycles. The van der Waals surface area contributed by atoms with Gasteiger partial charge in [0.25, 0.3) is 0 Å². The van der Waals surface area contributed by atoms with E-state index in [1.165, 1.54) is 17.2 Å².